The van der Waals surface area contributed by atoms with Crippen LogP contribution in [0.5, 0.6) is 0 Å². The molecule has 0 fully saturated rings. The summed E-state index contributed by atoms with van der Waals surface area (Å²) >= 11 is 1.81. The van der Waals surface area contributed by atoms with Gasteiger partial charge in [0.15, 0.2) is 17.5 Å². The van der Waals surface area contributed by atoms with E-state index >= 15 is 0 Å². The third-order valence-electron chi connectivity index (χ3n) is 14.0. The van der Waals surface area contributed by atoms with Crippen LogP contribution in [-0.2, 0) is 0 Å². The van der Waals surface area contributed by atoms with Crippen LogP contribution in [0.4, 0.5) is 0 Å². The van der Waals surface area contributed by atoms with E-state index in [1.165, 1.54) is 47.6 Å². The molecule has 0 aliphatic carbocycles. The Labute approximate surface area is 404 Å². The van der Waals surface area contributed by atoms with Crippen molar-refractivity contribution in [3.63, 3.8) is 0 Å². The van der Waals surface area contributed by atoms with Crippen LogP contribution in [0.3, 0.4) is 0 Å². The van der Waals surface area contributed by atoms with Crippen molar-refractivity contribution in [2.24, 2.45) is 0 Å². The highest BCUT2D eigenvalue weighted by molar-refractivity contribution is 7.26. The van der Waals surface area contributed by atoms with Crippen LogP contribution in [-0.4, -0.2) is 24.1 Å². The molecule has 0 spiro atoms. The molecule has 0 aliphatic rings. The van der Waals surface area contributed by atoms with Crippen LogP contribution >= 0.6 is 11.3 Å². The summed E-state index contributed by atoms with van der Waals surface area (Å²) in [5.74, 6) is 1.72. The van der Waals surface area contributed by atoms with Crippen LogP contribution in [0.25, 0.3) is 142 Å². The fourth-order valence-electron chi connectivity index (χ4n) is 10.9. The molecule has 10 aromatic carbocycles. The van der Waals surface area contributed by atoms with Crippen LogP contribution in [0.1, 0.15) is 0 Å². The zero-order valence-corrected chi connectivity index (χ0v) is 38.2. The summed E-state index contributed by atoms with van der Waals surface area (Å²) in [6.07, 6.45) is 0. The normalized spacial score (nSPS) is 12.0. The molecule has 5 aromatic heterocycles. The molecule has 6 nitrogen and oxygen atoms in total. The minimum atomic E-state index is 0.549. The summed E-state index contributed by atoms with van der Waals surface area (Å²) in [6, 6.07) is 79.7. The van der Waals surface area contributed by atoms with Crippen molar-refractivity contribution in [1.82, 2.24) is 24.1 Å². The van der Waals surface area contributed by atoms with E-state index in [9.17, 15) is 0 Å². The molecule has 7 heteroatoms. The summed E-state index contributed by atoms with van der Waals surface area (Å²) < 4.78 is 13.9. The summed E-state index contributed by atoms with van der Waals surface area (Å²) in [6.45, 7) is 0. The number of fused-ring (bicyclic) bond motifs is 12. The zero-order chi connectivity index (χ0) is 45.9. The smallest absolute Gasteiger partial charge is 0.167 e. The highest BCUT2D eigenvalue weighted by Crippen LogP contribution is 2.44. The molecular weight excluding hydrogens is 875 g/mol. The van der Waals surface area contributed by atoms with Gasteiger partial charge in [-0.15, -0.1) is 11.3 Å². The van der Waals surface area contributed by atoms with Gasteiger partial charge in [0.25, 0.3) is 0 Å². The number of furan rings is 1. The number of hydrogen-bond acceptors (Lipinski definition) is 5. The Morgan fingerprint density at radius 1 is 0.357 bits per heavy atom. The van der Waals surface area contributed by atoms with E-state index in [0.29, 0.717) is 17.5 Å². The van der Waals surface area contributed by atoms with Gasteiger partial charge in [0.05, 0.1) is 33.3 Å². The second-order valence-corrected chi connectivity index (χ2v) is 19.0. The summed E-state index contributed by atoms with van der Waals surface area (Å²) in [4.78, 5) is 16.0. The topological polar surface area (TPSA) is 61.7 Å². The lowest BCUT2D eigenvalue weighted by Gasteiger charge is -2.14. The monoisotopic (exact) mass is 911 g/mol. The first-order valence-electron chi connectivity index (χ1n) is 23.5. The van der Waals surface area contributed by atoms with Gasteiger partial charge in [-0.2, -0.15) is 0 Å². The third kappa shape index (κ3) is 5.82. The zero-order valence-electron chi connectivity index (χ0n) is 37.4. The maximum atomic E-state index is 6.61. The summed E-state index contributed by atoms with van der Waals surface area (Å²) in [5.41, 5.74) is 13.3. The van der Waals surface area contributed by atoms with Crippen molar-refractivity contribution in [3.8, 4) is 56.7 Å². The maximum absolute atomic E-state index is 6.61. The van der Waals surface area contributed by atoms with Gasteiger partial charge in [-0.05, 0) is 96.1 Å². The maximum Gasteiger partial charge on any atom is 0.167 e. The summed E-state index contributed by atoms with van der Waals surface area (Å²) in [7, 11) is 0. The average Bonchev–Trinajstić information content (AvgIpc) is 4.19. The molecule has 70 heavy (non-hydrogen) atoms. The van der Waals surface area contributed by atoms with Crippen molar-refractivity contribution < 1.29 is 4.42 Å². The van der Waals surface area contributed by atoms with E-state index in [0.717, 1.165) is 77.3 Å². The van der Waals surface area contributed by atoms with Gasteiger partial charge in [-0.1, -0.05) is 140 Å². The molecule has 0 aliphatic heterocycles. The number of nitrogens with zero attached hydrogens (tertiary/aromatic N) is 5. The predicted octanol–water partition coefficient (Wildman–Crippen LogP) is 17.0. The van der Waals surface area contributed by atoms with E-state index < -0.39 is 0 Å². The summed E-state index contributed by atoms with van der Waals surface area (Å²) in [5, 5.41) is 9.16. The van der Waals surface area contributed by atoms with E-state index in [2.05, 4.69) is 215 Å². The number of benzene rings is 10. The van der Waals surface area contributed by atoms with Crippen molar-refractivity contribution in [2.45, 2.75) is 0 Å². The second-order valence-electron chi connectivity index (χ2n) is 17.9. The van der Waals surface area contributed by atoms with Crippen LogP contribution in [0.15, 0.2) is 229 Å². The van der Waals surface area contributed by atoms with Crippen molar-refractivity contribution in [3.05, 3.63) is 224 Å². The van der Waals surface area contributed by atoms with Gasteiger partial charge in [0.2, 0.25) is 0 Å². The van der Waals surface area contributed by atoms with Crippen molar-refractivity contribution in [1.29, 1.82) is 0 Å². The number of thiophene rings is 1. The molecule has 5 heterocycles. The molecule has 0 bridgehead atoms. The van der Waals surface area contributed by atoms with E-state index in [1.54, 1.807) is 0 Å². The first-order chi connectivity index (χ1) is 34.7. The van der Waals surface area contributed by atoms with Crippen molar-refractivity contribution in [2.75, 3.05) is 0 Å². The average molecular weight is 912 g/mol. The van der Waals surface area contributed by atoms with Crippen LogP contribution in [0, 0.1) is 0 Å². The molecule has 0 unspecified atom stereocenters. The van der Waals surface area contributed by atoms with Gasteiger partial charge in [0.1, 0.15) is 11.2 Å². The first kappa shape index (κ1) is 38.9. The Bertz CT molecular complexity index is 4600. The lowest BCUT2D eigenvalue weighted by Crippen LogP contribution is -2.01. The standard InChI is InChI=1S/C63H37N5OS/c1-3-16-38(17-4-1)42-23-15-31-57-58(42)50-37-40(33-35-56(50)70-57)62-64-61(65-63(66-62)48-26-13-25-47-45-22-9-12-30-55(45)69-60(47)48)39-32-34-53-49(36-39)44-21-8-11-28-52(44)68(53)54-29-14-24-46-43-20-7-10-27-51(43)67(59(46)54)41-18-5-2-6-19-41/h1-37H. The van der Waals surface area contributed by atoms with Gasteiger partial charge in [0, 0.05) is 69.3 Å². The van der Waals surface area contributed by atoms with Crippen LogP contribution in [0.2, 0.25) is 0 Å². The molecule has 0 amide bonds. The molecule has 0 N–H and O–H groups in total. The third-order valence-corrected chi connectivity index (χ3v) is 15.1. The molecule has 0 saturated heterocycles. The Kier molecular flexibility index (Phi) is 8.43. The molecule has 15 aromatic rings. The van der Waals surface area contributed by atoms with Crippen LogP contribution < -0.4 is 0 Å². The fraction of sp³-hybridized carbons (Fsp3) is 0. The van der Waals surface area contributed by atoms with Crippen molar-refractivity contribution >= 4 is 97.1 Å². The minimum Gasteiger partial charge on any atom is -0.455 e. The predicted molar refractivity (Wildman–Crippen MR) is 290 cm³/mol. The fourth-order valence-corrected chi connectivity index (χ4v) is 12.0. The van der Waals surface area contributed by atoms with Gasteiger partial charge < -0.3 is 13.6 Å². The Morgan fingerprint density at radius 2 is 0.943 bits per heavy atom. The van der Waals surface area contributed by atoms with E-state index in [-0.39, 0.29) is 0 Å². The molecule has 0 radical (unpaired) electrons. The number of hydrogen-bond donors (Lipinski definition) is 0. The Morgan fingerprint density at radius 3 is 1.76 bits per heavy atom. The molecule has 15 rings (SSSR count). The SMILES string of the molecule is c1ccc(-c2cccc3sc4ccc(-c5nc(-c6ccc7c(c6)c6ccccc6n7-c6cccc7c8ccccc8n(-c8ccccc8)c67)nc(-c6cccc7c6oc6ccccc67)n5)cc4c23)cc1. The second kappa shape index (κ2) is 15.2. The van der Waals surface area contributed by atoms with Gasteiger partial charge in [-0.3, -0.25) is 0 Å². The quantitative estimate of drug-likeness (QED) is 0.167. The van der Waals surface area contributed by atoms with E-state index in [4.69, 9.17) is 19.4 Å². The van der Waals surface area contributed by atoms with Gasteiger partial charge >= 0.3 is 0 Å². The molecule has 0 atom stereocenters. The Hall–Kier alpha value is -9.17. The lowest BCUT2D eigenvalue weighted by atomic mass is 9.99. The number of aromatic nitrogens is 5. The van der Waals surface area contributed by atoms with Gasteiger partial charge in [-0.25, -0.2) is 15.0 Å². The first-order valence-corrected chi connectivity index (χ1v) is 24.3. The number of para-hydroxylation sites is 6. The largest absolute Gasteiger partial charge is 0.455 e. The Balaban J connectivity index is 0.965. The highest BCUT2D eigenvalue weighted by Gasteiger charge is 2.23. The minimum absolute atomic E-state index is 0.549. The number of rotatable bonds is 6. The van der Waals surface area contributed by atoms with E-state index in [1.807, 2.05) is 29.5 Å². The molecular formula is C63H37N5OS. The lowest BCUT2D eigenvalue weighted by molar-refractivity contribution is 0.669. The highest BCUT2D eigenvalue weighted by atomic mass is 32.1. The molecule has 0 saturated carbocycles. The molecule has 326 valence electrons.